The van der Waals surface area contributed by atoms with Crippen molar-refractivity contribution < 1.29 is 35.9 Å². The van der Waals surface area contributed by atoms with Gasteiger partial charge in [0.15, 0.2) is 0 Å². The summed E-state index contributed by atoms with van der Waals surface area (Å²) in [5.74, 6) is -0.730. The zero-order chi connectivity index (χ0) is 30.1. The smallest absolute Gasteiger partial charge is 0.406 e. The minimum Gasteiger partial charge on any atom is -0.406 e. The van der Waals surface area contributed by atoms with Crippen molar-refractivity contribution in [1.82, 2.24) is 10.2 Å². The van der Waals surface area contributed by atoms with Crippen LogP contribution in [0.4, 0.5) is 26.3 Å². The molecule has 4 nitrogen and oxygen atoms in total. The van der Waals surface area contributed by atoms with Gasteiger partial charge >= 0.3 is 12.5 Å². The quantitative estimate of drug-likeness (QED) is 0.277. The third-order valence-electron chi connectivity index (χ3n) is 6.48. The number of ether oxygens (including phenoxy) is 1. The third kappa shape index (κ3) is 11.0. The molecule has 0 aromatic heterocycles. The molecule has 1 N–H and O–H groups in total. The Hall–Kier alpha value is -3.43. The van der Waals surface area contributed by atoms with Gasteiger partial charge in [-0.25, -0.2) is 0 Å². The minimum atomic E-state index is -4.74. The fraction of sp³-hybridized carbons (Fsp3) is 0.433. The maximum atomic E-state index is 12.5. The molecule has 0 aliphatic rings. The van der Waals surface area contributed by atoms with Crippen LogP contribution >= 0.6 is 0 Å². The number of carbonyl (C=O) groups is 1. The van der Waals surface area contributed by atoms with E-state index in [1.807, 2.05) is 23.5 Å². The minimum absolute atomic E-state index is 0.165. The lowest BCUT2D eigenvalue weighted by Gasteiger charge is -2.23. The largest absolute Gasteiger partial charge is 0.573 e. The van der Waals surface area contributed by atoms with Gasteiger partial charge in [-0.05, 0) is 78.6 Å². The number of amides is 1. The van der Waals surface area contributed by atoms with Crippen molar-refractivity contribution in [2.24, 2.45) is 5.92 Å². The normalized spacial score (nSPS) is 13.2. The molecule has 0 radical (unpaired) electrons. The van der Waals surface area contributed by atoms with Crippen LogP contribution in [0.2, 0.25) is 0 Å². The Bertz CT molecular complexity index is 1250. The number of halogens is 6. The molecular weight excluding hydrogens is 534 g/mol. The highest BCUT2D eigenvalue weighted by molar-refractivity contribution is 5.95. The molecule has 40 heavy (non-hydrogen) atoms. The molecule has 1 atom stereocenters. The molecule has 1 amide bonds. The number of benzene rings is 2. The first-order valence-electron chi connectivity index (χ1n) is 13.0. The summed E-state index contributed by atoms with van der Waals surface area (Å²) in [4.78, 5) is 14.4. The van der Waals surface area contributed by atoms with Crippen LogP contribution < -0.4 is 20.5 Å². The molecule has 220 valence electrons. The molecule has 10 heteroatoms. The lowest BCUT2D eigenvalue weighted by atomic mass is 9.93. The van der Waals surface area contributed by atoms with E-state index >= 15 is 0 Å². The summed E-state index contributed by atoms with van der Waals surface area (Å²) in [5, 5.41) is 3.26. The molecule has 0 aliphatic carbocycles. The van der Waals surface area contributed by atoms with E-state index in [-0.39, 0.29) is 11.3 Å². The van der Waals surface area contributed by atoms with E-state index in [0.29, 0.717) is 34.9 Å². The van der Waals surface area contributed by atoms with Gasteiger partial charge in [0, 0.05) is 30.6 Å². The van der Waals surface area contributed by atoms with Crippen molar-refractivity contribution in [3.05, 3.63) is 70.1 Å². The van der Waals surface area contributed by atoms with E-state index in [0.717, 1.165) is 36.8 Å². The number of hydrogen-bond acceptors (Lipinski definition) is 3. The first-order chi connectivity index (χ1) is 18.6. The van der Waals surface area contributed by atoms with Crippen LogP contribution in [0, 0.1) is 12.8 Å². The summed E-state index contributed by atoms with van der Waals surface area (Å²) in [6.45, 7) is 11.2. The summed E-state index contributed by atoms with van der Waals surface area (Å²) in [7, 11) is 1.90. The second-order valence-electron chi connectivity index (χ2n) is 9.90. The summed E-state index contributed by atoms with van der Waals surface area (Å²) < 4.78 is 78.6. The van der Waals surface area contributed by atoms with E-state index < -0.39 is 25.0 Å². The molecule has 0 fully saturated rings. The fourth-order valence-electron chi connectivity index (χ4n) is 4.54. The molecule has 0 saturated heterocycles. The Morgan fingerprint density at radius 2 is 1.73 bits per heavy atom. The average molecular weight is 571 g/mol. The van der Waals surface area contributed by atoms with E-state index in [1.165, 1.54) is 18.2 Å². The van der Waals surface area contributed by atoms with Crippen molar-refractivity contribution in [3.8, 4) is 5.75 Å². The summed E-state index contributed by atoms with van der Waals surface area (Å²) >= 11 is 0. The summed E-state index contributed by atoms with van der Waals surface area (Å²) in [6.07, 6.45) is -2.99. The highest BCUT2D eigenvalue weighted by atomic mass is 19.4. The van der Waals surface area contributed by atoms with Crippen LogP contribution in [0.15, 0.2) is 43.0 Å². The van der Waals surface area contributed by atoms with Crippen LogP contribution in [0.3, 0.4) is 0 Å². The molecule has 2 aromatic carbocycles. The van der Waals surface area contributed by atoms with Crippen LogP contribution in [-0.4, -0.2) is 43.5 Å². The zero-order valence-corrected chi connectivity index (χ0v) is 23.0. The number of allylic oxidation sites excluding steroid dienone is 1. The van der Waals surface area contributed by atoms with Gasteiger partial charge in [-0.15, -0.1) is 13.2 Å². The standard InChI is InChI=1S/C30H36F6N2O2/c1-6-8-23(10-7-9-20(2)24-12-14-25(15-13-24)40-30(34,35)36)17-38(5)18-27-21(3)11-16-26(22(27)4)28(39)37-19-29(31,32)33/h11-16,18,23H,2-3,6-10,17,19H2,1,4-5H3,(H,37,39)/b27-18+. The zero-order valence-electron chi connectivity index (χ0n) is 23.0. The average Bonchev–Trinajstić information content (AvgIpc) is 2.84. The van der Waals surface area contributed by atoms with Crippen LogP contribution in [0.1, 0.15) is 60.5 Å². The van der Waals surface area contributed by atoms with E-state index in [4.69, 9.17) is 0 Å². The molecule has 0 saturated carbocycles. The number of alkyl halides is 6. The van der Waals surface area contributed by atoms with Crippen molar-refractivity contribution in [2.75, 3.05) is 20.1 Å². The highest BCUT2D eigenvalue weighted by Gasteiger charge is 2.31. The Labute approximate surface area is 231 Å². The second kappa shape index (κ2) is 14.3. The molecule has 0 aliphatic heterocycles. The van der Waals surface area contributed by atoms with Gasteiger partial charge in [-0.2, -0.15) is 13.2 Å². The van der Waals surface area contributed by atoms with Gasteiger partial charge in [-0.3, -0.25) is 4.79 Å². The van der Waals surface area contributed by atoms with Gasteiger partial charge in [-0.1, -0.05) is 44.7 Å². The Balaban J connectivity index is 2.03. The Kier molecular flexibility index (Phi) is 11.7. The van der Waals surface area contributed by atoms with Crippen molar-refractivity contribution >= 4 is 24.3 Å². The number of hydrogen-bond donors (Lipinski definition) is 1. The van der Waals surface area contributed by atoms with Crippen molar-refractivity contribution in [1.29, 1.82) is 0 Å². The Morgan fingerprint density at radius 3 is 2.30 bits per heavy atom. The van der Waals surface area contributed by atoms with Crippen LogP contribution in [-0.2, 0) is 0 Å². The molecule has 0 bridgehead atoms. The maximum absolute atomic E-state index is 12.5. The van der Waals surface area contributed by atoms with Gasteiger partial charge in [0.2, 0.25) is 0 Å². The van der Waals surface area contributed by atoms with E-state index in [1.54, 1.807) is 25.1 Å². The predicted octanol–water partition coefficient (Wildman–Crippen LogP) is 6.57. The topological polar surface area (TPSA) is 41.6 Å². The number of nitrogens with zero attached hydrogens (tertiary/aromatic N) is 1. The number of nitrogens with one attached hydrogen (secondary N) is 1. The fourth-order valence-corrected chi connectivity index (χ4v) is 4.54. The SMILES string of the molecule is C=C(CCCC(CCC)CN(C)/C=c1/c(C)c(C(=O)NCC(F)(F)F)ccc1=C)c1ccc(OC(F)(F)F)cc1. The van der Waals surface area contributed by atoms with E-state index in [9.17, 15) is 31.1 Å². The second-order valence-corrected chi connectivity index (χ2v) is 9.90. The van der Waals surface area contributed by atoms with Gasteiger partial charge < -0.3 is 15.0 Å². The lowest BCUT2D eigenvalue weighted by Crippen LogP contribution is -2.37. The molecular formula is C30H36F6N2O2. The van der Waals surface area contributed by atoms with Crippen LogP contribution in [0.25, 0.3) is 18.4 Å². The van der Waals surface area contributed by atoms with Crippen molar-refractivity contribution in [3.63, 3.8) is 0 Å². The van der Waals surface area contributed by atoms with Crippen molar-refractivity contribution in [2.45, 2.75) is 58.5 Å². The molecule has 2 rings (SSSR count). The van der Waals surface area contributed by atoms with Crippen LogP contribution in [0.5, 0.6) is 5.75 Å². The summed E-state index contributed by atoms with van der Waals surface area (Å²) in [6, 6.07) is 8.76. The predicted molar refractivity (Wildman–Crippen MR) is 146 cm³/mol. The molecule has 1 unspecified atom stereocenters. The van der Waals surface area contributed by atoms with Gasteiger partial charge in [0.1, 0.15) is 12.3 Å². The monoisotopic (exact) mass is 570 g/mol. The highest BCUT2D eigenvalue weighted by Crippen LogP contribution is 2.27. The molecule has 0 heterocycles. The first-order valence-corrected chi connectivity index (χ1v) is 13.0. The first kappa shape index (κ1) is 32.8. The lowest BCUT2D eigenvalue weighted by molar-refractivity contribution is -0.274. The Morgan fingerprint density at radius 1 is 1.07 bits per heavy atom. The molecule has 0 spiro atoms. The van der Waals surface area contributed by atoms with E-state index in [2.05, 4.69) is 24.8 Å². The van der Waals surface area contributed by atoms with Gasteiger partial charge in [0.25, 0.3) is 5.91 Å². The molecule has 2 aromatic rings. The number of carbonyl (C=O) groups excluding carboxylic acids is 1. The summed E-state index contributed by atoms with van der Waals surface area (Å²) in [5.41, 5.74) is 2.29. The maximum Gasteiger partial charge on any atom is 0.573 e. The third-order valence-corrected chi connectivity index (χ3v) is 6.48. The number of rotatable bonds is 13. The van der Waals surface area contributed by atoms with Gasteiger partial charge in [0.05, 0.1) is 0 Å².